The predicted octanol–water partition coefficient (Wildman–Crippen LogP) is -7.22. The van der Waals surface area contributed by atoms with Crippen molar-refractivity contribution < 1.29 is 53.6 Å². The van der Waals surface area contributed by atoms with Gasteiger partial charge in [0.25, 0.3) is 40.9 Å². The molecule has 2 rings (SSSR count). The number of hydrogen-bond donors (Lipinski definition) is 20. The molecule has 34 nitrogen and oxygen atoms in total. The smallest absolute Gasteiger partial charge is 0.338 e. The van der Waals surface area contributed by atoms with Gasteiger partial charge in [0.2, 0.25) is 12.1 Å². The Bertz CT molecular complexity index is 2240. The molecule has 0 heterocycles. The average Bonchev–Trinajstić information content (AvgIpc) is 3.22. The van der Waals surface area contributed by atoms with Crippen molar-refractivity contribution in [2.75, 3.05) is 11.4 Å². The first-order valence-corrected chi connectivity index (χ1v) is 18.2. The van der Waals surface area contributed by atoms with Crippen LogP contribution in [0.3, 0.4) is 0 Å². The van der Waals surface area contributed by atoms with Crippen molar-refractivity contribution >= 4 is 82.3 Å². The van der Waals surface area contributed by atoms with Gasteiger partial charge in [-0.05, 0) is 12.0 Å². The Morgan fingerprint density at radius 3 is 1.44 bits per heavy atom. The lowest BCUT2D eigenvalue weighted by Gasteiger charge is -2.31. The van der Waals surface area contributed by atoms with Crippen molar-refractivity contribution in [2.24, 2.45) is 28.7 Å². The first kappa shape index (κ1) is 52.5. The number of hydrogen-bond acceptors (Lipinski definition) is 17. The van der Waals surface area contributed by atoms with Gasteiger partial charge < -0.3 is 91.6 Å². The van der Waals surface area contributed by atoms with Crippen LogP contribution in [0.2, 0.25) is 0 Å². The number of amides is 6. The maximum atomic E-state index is 14.0. The molecule has 2 aromatic carbocycles. The van der Waals surface area contributed by atoms with Gasteiger partial charge in [-0.15, -0.1) is 0 Å². The fourth-order valence-electron chi connectivity index (χ4n) is 5.42. The molecule has 0 aliphatic carbocycles. The third kappa shape index (κ3) is 15.1. The van der Waals surface area contributed by atoms with Gasteiger partial charge >= 0.3 is 5.97 Å². The van der Waals surface area contributed by atoms with Crippen LogP contribution in [-0.2, 0) is 28.8 Å². The van der Waals surface area contributed by atoms with Gasteiger partial charge in [-0.3, -0.25) is 70.6 Å². The number of carbonyl (C=O) groups excluding carboxylic acids is 6. The normalized spacial score (nSPS) is 13.1. The van der Waals surface area contributed by atoms with E-state index in [4.69, 9.17) is 50.3 Å². The van der Waals surface area contributed by atoms with Crippen LogP contribution in [-0.4, -0.2) is 123 Å². The minimum Gasteiger partial charge on any atom is -0.478 e. The number of aromatic carboxylic acids is 1. The fraction of sp³-hybridized carbons (Fsp3) is 0.281. The zero-order valence-corrected chi connectivity index (χ0v) is 34.0. The summed E-state index contributed by atoms with van der Waals surface area (Å²) in [4.78, 5) is 114. The largest absolute Gasteiger partial charge is 0.478 e. The molecule has 0 aliphatic heterocycles. The number of carboxylic acid groups (broad SMARTS) is 1. The first-order valence-electron chi connectivity index (χ1n) is 18.2. The number of guanidine groups is 4. The van der Waals surface area contributed by atoms with Crippen LogP contribution >= 0.6 is 0 Å². The molecule has 6 unspecified atom stereocenters. The Morgan fingerprint density at radius 1 is 0.636 bits per heavy atom. The number of primary amides is 1. The molecule has 34 heteroatoms. The standard InChI is InChI=1S/C32H45N21O13/c1-2-8-51(16-13(28(61)62)9-12(52(63)64)10-14(16)53(65)66)27(60)26(59)42-15(11-6-4-3-5-7-11)22(55)44-19(48-30(36)37)24(57)46-21(50-32(40)41)25(58)45-20(49-31(38)39)23(56)43-18(17(33)54)47-29(34)35/h3-7,9-10,15,18-21,27,60H,2,8H2,1H3,(H2,33,54)(H,42,59)(H,43,56)(H,44,55)(H,45,58)(H,46,57)(H,61,62)(H4,34,35,47)(H4,36,37,48)(H4,38,39,49)(H4,40,41,50). The molecular formula is C32H45N21O13. The van der Waals surface area contributed by atoms with Crippen molar-refractivity contribution in [1.82, 2.24) is 47.9 Å². The number of aliphatic hydroxyl groups is 1. The molecule has 2 aromatic rings. The molecule has 0 aliphatic rings. The second kappa shape index (κ2) is 23.5. The van der Waals surface area contributed by atoms with Gasteiger partial charge in [0.05, 0.1) is 21.5 Å². The van der Waals surface area contributed by atoms with Crippen molar-refractivity contribution in [3.63, 3.8) is 0 Å². The van der Waals surface area contributed by atoms with Crippen LogP contribution in [0.15, 0.2) is 42.5 Å². The van der Waals surface area contributed by atoms with E-state index in [1.165, 1.54) is 37.3 Å². The Hall–Kier alpha value is -9.63. The number of nitrogens with one attached hydrogen (secondary N) is 13. The van der Waals surface area contributed by atoms with E-state index in [1.807, 2.05) is 31.9 Å². The molecule has 25 N–H and O–H groups in total. The highest BCUT2D eigenvalue weighted by molar-refractivity contribution is 6.01. The van der Waals surface area contributed by atoms with Gasteiger partial charge in [-0.2, -0.15) is 0 Å². The summed E-state index contributed by atoms with van der Waals surface area (Å²) in [6.07, 6.45) is -10.9. The summed E-state index contributed by atoms with van der Waals surface area (Å²) in [6.45, 7) is 0.989. The lowest BCUT2D eigenvalue weighted by Crippen LogP contribution is -2.68. The number of carboxylic acids is 1. The van der Waals surface area contributed by atoms with Gasteiger partial charge in [-0.25, -0.2) is 4.79 Å². The second-order valence-corrected chi connectivity index (χ2v) is 13.0. The molecule has 66 heavy (non-hydrogen) atoms. The Kier molecular flexibility index (Phi) is 18.7. The summed E-state index contributed by atoms with van der Waals surface area (Å²) in [5, 5.41) is 93.3. The molecule has 0 spiro atoms. The van der Waals surface area contributed by atoms with Crippen LogP contribution in [0.5, 0.6) is 0 Å². The van der Waals surface area contributed by atoms with E-state index in [-0.39, 0.29) is 12.0 Å². The highest BCUT2D eigenvalue weighted by Gasteiger charge is 2.38. The molecule has 0 aromatic heterocycles. The van der Waals surface area contributed by atoms with Crippen LogP contribution in [0.25, 0.3) is 0 Å². The van der Waals surface area contributed by atoms with Gasteiger partial charge in [0.1, 0.15) is 11.7 Å². The summed E-state index contributed by atoms with van der Waals surface area (Å²) in [5.74, 6) is -14.1. The van der Waals surface area contributed by atoms with Crippen molar-refractivity contribution in [2.45, 2.75) is 50.3 Å². The summed E-state index contributed by atoms with van der Waals surface area (Å²) < 4.78 is 0. The third-order valence-corrected chi connectivity index (χ3v) is 8.09. The van der Waals surface area contributed by atoms with Crippen LogP contribution in [0.4, 0.5) is 17.1 Å². The molecule has 0 saturated carbocycles. The lowest BCUT2D eigenvalue weighted by atomic mass is 10.1. The molecule has 6 atom stereocenters. The van der Waals surface area contributed by atoms with Crippen molar-refractivity contribution in [3.05, 3.63) is 73.8 Å². The number of nitrogens with zero attached hydrogens (tertiary/aromatic N) is 3. The highest BCUT2D eigenvalue weighted by atomic mass is 16.6. The van der Waals surface area contributed by atoms with Crippen molar-refractivity contribution in [1.29, 1.82) is 21.6 Å². The minimum absolute atomic E-state index is 0.0133. The fourth-order valence-corrected chi connectivity index (χ4v) is 5.42. The van der Waals surface area contributed by atoms with Crippen LogP contribution < -0.4 is 81.4 Å². The third-order valence-electron chi connectivity index (χ3n) is 8.09. The number of carbonyl (C=O) groups is 7. The topological polar surface area (TPSA) is 583 Å². The summed E-state index contributed by atoms with van der Waals surface area (Å²) in [7, 11) is 0. The van der Waals surface area contributed by atoms with Crippen LogP contribution in [0, 0.1) is 41.9 Å². The van der Waals surface area contributed by atoms with E-state index in [0.29, 0.717) is 17.0 Å². The number of aliphatic hydroxyl groups excluding tert-OH is 1. The van der Waals surface area contributed by atoms with Gasteiger partial charge in [0, 0.05) is 12.6 Å². The van der Waals surface area contributed by atoms with Gasteiger partial charge in [-0.1, -0.05) is 37.3 Å². The Morgan fingerprint density at radius 2 is 1.06 bits per heavy atom. The first-order chi connectivity index (χ1) is 30.8. The molecule has 356 valence electrons. The predicted molar refractivity (Wildman–Crippen MR) is 225 cm³/mol. The van der Waals surface area contributed by atoms with E-state index >= 15 is 0 Å². The van der Waals surface area contributed by atoms with Gasteiger partial charge in [0.15, 0.2) is 48.5 Å². The lowest BCUT2D eigenvalue weighted by molar-refractivity contribution is -0.393. The minimum atomic E-state index is -2.55. The number of nitrogens with two attached hydrogens (primary N) is 5. The molecule has 0 fully saturated rings. The van der Waals surface area contributed by atoms with E-state index in [9.17, 15) is 64.0 Å². The van der Waals surface area contributed by atoms with E-state index in [0.717, 1.165) is 0 Å². The Labute approximate surface area is 369 Å². The number of nitro benzene ring substituents is 2. The van der Waals surface area contributed by atoms with Crippen LogP contribution in [0.1, 0.15) is 35.3 Å². The second-order valence-electron chi connectivity index (χ2n) is 13.0. The highest BCUT2D eigenvalue weighted by Crippen LogP contribution is 2.37. The number of non-ortho nitro benzene ring substituents is 1. The zero-order chi connectivity index (χ0) is 50.2. The number of anilines is 1. The van der Waals surface area contributed by atoms with E-state index in [1.54, 1.807) is 0 Å². The molecule has 0 saturated heterocycles. The molecular weight excluding hydrogens is 886 g/mol. The SMILES string of the molecule is CCCN(c1c(C(=O)O)cc([N+](=O)[O-])cc1[N+](=O)[O-])C(O)C(=O)NC(C(=O)NC(NC(=N)N)C(=O)NC(NC(=N)N)C(=O)NC(NC(=N)N)C(=O)NC(NC(=N)N)C(N)=O)c1ccccc1. The summed E-state index contributed by atoms with van der Waals surface area (Å²) >= 11 is 0. The number of rotatable bonds is 23. The molecule has 6 amide bonds. The zero-order valence-electron chi connectivity index (χ0n) is 34.0. The van der Waals surface area contributed by atoms with Crippen molar-refractivity contribution in [3.8, 4) is 0 Å². The average molecular weight is 932 g/mol. The van der Waals surface area contributed by atoms with E-state index in [2.05, 4.69) is 16.0 Å². The molecule has 0 bridgehead atoms. The number of benzene rings is 2. The summed E-state index contributed by atoms with van der Waals surface area (Å²) in [5.41, 5.74) is 22.3. The number of nitro groups is 2. The van der Waals surface area contributed by atoms with E-state index < -0.39 is 141 Å². The Balaban J connectivity index is 2.55. The maximum absolute atomic E-state index is 14.0. The monoisotopic (exact) mass is 931 g/mol. The molecule has 0 radical (unpaired) electrons. The maximum Gasteiger partial charge on any atom is 0.338 e. The quantitative estimate of drug-likeness (QED) is 0.0162. The summed E-state index contributed by atoms with van der Waals surface area (Å²) in [6, 6.07) is 5.77.